The smallest absolute Gasteiger partial charge is 0.101 e. The number of aliphatic hydroxyl groups excluding tert-OH is 2. The van der Waals surface area contributed by atoms with Gasteiger partial charge in [0.15, 0.2) is 0 Å². The predicted molar refractivity (Wildman–Crippen MR) is 40.4 cm³/mol. The first-order valence-electron chi connectivity index (χ1n) is 3.75. The largest absolute Gasteiger partial charge is 0.394 e. The third-order valence-electron chi connectivity index (χ3n) is 1.06. The Kier molecular flexibility index (Phi) is 7.83. The van der Waals surface area contributed by atoms with E-state index in [9.17, 15) is 0 Å². The second-order valence-electron chi connectivity index (χ2n) is 2.11. The summed E-state index contributed by atoms with van der Waals surface area (Å²) in [4.78, 5) is 0. The Morgan fingerprint density at radius 2 is 1.91 bits per heavy atom. The molecule has 0 aromatic heterocycles. The molecule has 0 rings (SSSR count). The van der Waals surface area contributed by atoms with Gasteiger partial charge in [0.05, 0.1) is 26.4 Å². The summed E-state index contributed by atoms with van der Waals surface area (Å²) >= 11 is 0. The molecular formula is C7H16O4. The molecule has 0 saturated heterocycles. The highest BCUT2D eigenvalue weighted by atomic mass is 16.5. The van der Waals surface area contributed by atoms with Crippen LogP contribution >= 0.6 is 0 Å². The molecule has 0 fully saturated rings. The monoisotopic (exact) mass is 164 g/mol. The van der Waals surface area contributed by atoms with E-state index < -0.39 is 6.10 Å². The SMILES string of the molecule is CCOCC(O)COCCO. The van der Waals surface area contributed by atoms with Crippen molar-refractivity contribution in [3.05, 3.63) is 0 Å². The van der Waals surface area contributed by atoms with E-state index in [4.69, 9.17) is 19.7 Å². The van der Waals surface area contributed by atoms with Gasteiger partial charge in [0.25, 0.3) is 0 Å². The first-order valence-corrected chi connectivity index (χ1v) is 3.75. The summed E-state index contributed by atoms with van der Waals surface area (Å²) < 4.78 is 9.80. The molecule has 0 amide bonds. The Morgan fingerprint density at radius 1 is 1.27 bits per heavy atom. The quantitative estimate of drug-likeness (QED) is 0.493. The van der Waals surface area contributed by atoms with Gasteiger partial charge in [-0.05, 0) is 6.92 Å². The second kappa shape index (κ2) is 7.94. The van der Waals surface area contributed by atoms with Crippen molar-refractivity contribution in [1.82, 2.24) is 0 Å². The number of hydrogen-bond acceptors (Lipinski definition) is 4. The standard InChI is InChI=1S/C7H16O4/c1-2-10-5-7(9)6-11-4-3-8/h7-9H,2-6H2,1H3. The van der Waals surface area contributed by atoms with E-state index in [0.29, 0.717) is 13.2 Å². The van der Waals surface area contributed by atoms with Crippen molar-refractivity contribution >= 4 is 0 Å². The molecule has 0 aliphatic rings. The van der Waals surface area contributed by atoms with Crippen LogP contribution in [0.25, 0.3) is 0 Å². The van der Waals surface area contributed by atoms with Gasteiger partial charge >= 0.3 is 0 Å². The molecule has 11 heavy (non-hydrogen) atoms. The van der Waals surface area contributed by atoms with Crippen molar-refractivity contribution in [3.63, 3.8) is 0 Å². The van der Waals surface area contributed by atoms with Gasteiger partial charge < -0.3 is 19.7 Å². The molecule has 0 bridgehead atoms. The molecule has 0 heterocycles. The van der Waals surface area contributed by atoms with Gasteiger partial charge in [-0.15, -0.1) is 0 Å². The lowest BCUT2D eigenvalue weighted by Gasteiger charge is -2.09. The molecule has 0 aliphatic carbocycles. The fraction of sp³-hybridized carbons (Fsp3) is 1.00. The van der Waals surface area contributed by atoms with Gasteiger partial charge in [-0.1, -0.05) is 0 Å². The van der Waals surface area contributed by atoms with Gasteiger partial charge in [0.2, 0.25) is 0 Å². The highest BCUT2D eigenvalue weighted by Crippen LogP contribution is 1.86. The van der Waals surface area contributed by atoms with Gasteiger partial charge in [-0.3, -0.25) is 0 Å². The van der Waals surface area contributed by atoms with Crippen LogP contribution in [0.4, 0.5) is 0 Å². The van der Waals surface area contributed by atoms with E-state index in [1.54, 1.807) is 0 Å². The number of hydrogen-bond donors (Lipinski definition) is 2. The second-order valence-corrected chi connectivity index (χ2v) is 2.11. The summed E-state index contributed by atoms with van der Waals surface area (Å²) in [5.74, 6) is 0. The number of rotatable bonds is 7. The van der Waals surface area contributed by atoms with Gasteiger partial charge in [0.1, 0.15) is 6.10 Å². The lowest BCUT2D eigenvalue weighted by Crippen LogP contribution is -2.22. The Bertz CT molecular complexity index is 76.8. The summed E-state index contributed by atoms with van der Waals surface area (Å²) in [5.41, 5.74) is 0. The van der Waals surface area contributed by atoms with Crippen LogP contribution in [0.15, 0.2) is 0 Å². The van der Waals surface area contributed by atoms with E-state index >= 15 is 0 Å². The van der Waals surface area contributed by atoms with Gasteiger partial charge in [-0.25, -0.2) is 0 Å². The minimum Gasteiger partial charge on any atom is -0.394 e. The van der Waals surface area contributed by atoms with Crippen molar-refractivity contribution in [1.29, 1.82) is 0 Å². The number of ether oxygens (including phenoxy) is 2. The molecule has 0 aliphatic heterocycles. The van der Waals surface area contributed by atoms with Crippen LogP contribution in [0.2, 0.25) is 0 Å². The maximum absolute atomic E-state index is 9.08. The molecule has 0 radical (unpaired) electrons. The van der Waals surface area contributed by atoms with Crippen molar-refractivity contribution in [3.8, 4) is 0 Å². The zero-order valence-electron chi connectivity index (χ0n) is 6.82. The van der Waals surface area contributed by atoms with Crippen LogP contribution < -0.4 is 0 Å². The summed E-state index contributed by atoms with van der Waals surface area (Å²) in [5, 5.41) is 17.4. The first-order chi connectivity index (χ1) is 5.31. The maximum Gasteiger partial charge on any atom is 0.101 e. The lowest BCUT2D eigenvalue weighted by molar-refractivity contribution is -0.0227. The maximum atomic E-state index is 9.08. The third kappa shape index (κ3) is 7.74. The van der Waals surface area contributed by atoms with Gasteiger partial charge in [0, 0.05) is 6.61 Å². The summed E-state index contributed by atoms with van der Waals surface area (Å²) in [6, 6.07) is 0. The Balaban J connectivity index is 3.02. The lowest BCUT2D eigenvalue weighted by atomic mass is 10.4. The molecular weight excluding hydrogens is 148 g/mol. The molecule has 68 valence electrons. The van der Waals surface area contributed by atoms with Crippen molar-refractivity contribution < 1.29 is 19.7 Å². The van der Waals surface area contributed by atoms with E-state index in [-0.39, 0.29) is 19.8 Å². The molecule has 0 aromatic rings. The minimum absolute atomic E-state index is 0.0125. The fourth-order valence-corrected chi connectivity index (χ4v) is 0.586. The third-order valence-corrected chi connectivity index (χ3v) is 1.06. The van der Waals surface area contributed by atoms with E-state index in [1.807, 2.05) is 6.92 Å². The van der Waals surface area contributed by atoms with Crippen molar-refractivity contribution in [2.24, 2.45) is 0 Å². The summed E-state index contributed by atoms with van der Waals surface area (Å²) in [6.07, 6.45) is -0.582. The zero-order chi connectivity index (χ0) is 8.53. The highest BCUT2D eigenvalue weighted by molar-refractivity contribution is 4.50. The summed E-state index contributed by atoms with van der Waals surface area (Å²) in [7, 11) is 0. The summed E-state index contributed by atoms with van der Waals surface area (Å²) in [6.45, 7) is 3.23. The van der Waals surface area contributed by atoms with Crippen LogP contribution in [-0.2, 0) is 9.47 Å². The van der Waals surface area contributed by atoms with E-state index in [2.05, 4.69) is 0 Å². The number of aliphatic hydroxyl groups is 2. The average Bonchev–Trinajstić information content (AvgIpc) is 2.01. The van der Waals surface area contributed by atoms with E-state index in [1.165, 1.54) is 0 Å². The predicted octanol–water partition coefficient (Wildman–Crippen LogP) is -0.607. The molecule has 1 atom stereocenters. The van der Waals surface area contributed by atoms with Crippen LogP contribution in [-0.4, -0.2) is 49.4 Å². The fourth-order valence-electron chi connectivity index (χ4n) is 0.586. The van der Waals surface area contributed by atoms with Crippen LogP contribution in [0.3, 0.4) is 0 Å². The average molecular weight is 164 g/mol. The molecule has 1 unspecified atom stereocenters. The molecule has 0 saturated carbocycles. The van der Waals surface area contributed by atoms with Crippen LogP contribution in [0.1, 0.15) is 6.92 Å². The molecule has 2 N–H and O–H groups in total. The molecule has 0 aromatic carbocycles. The van der Waals surface area contributed by atoms with Crippen molar-refractivity contribution in [2.75, 3.05) is 33.0 Å². The normalized spacial score (nSPS) is 13.4. The van der Waals surface area contributed by atoms with Crippen molar-refractivity contribution in [2.45, 2.75) is 13.0 Å². The molecule has 4 nitrogen and oxygen atoms in total. The highest BCUT2D eigenvalue weighted by Gasteiger charge is 2.02. The Hall–Kier alpha value is -0.160. The zero-order valence-corrected chi connectivity index (χ0v) is 6.82. The van der Waals surface area contributed by atoms with Gasteiger partial charge in [-0.2, -0.15) is 0 Å². The first kappa shape index (κ1) is 10.8. The molecule has 4 heteroatoms. The molecule has 0 spiro atoms. The Morgan fingerprint density at radius 3 is 2.45 bits per heavy atom. The van der Waals surface area contributed by atoms with Crippen LogP contribution in [0, 0.1) is 0 Å². The van der Waals surface area contributed by atoms with Crippen LogP contribution in [0.5, 0.6) is 0 Å². The topological polar surface area (TPSA) is 58.9 Å². The minimum atomic E-state index is -0.582. The Labute approximate surface area is 66.7 Å². The van der Waals surface area contributed by atoms with E-state index in [0.717, 1.165) is 0 Å².